The van der Waals surface area contributed by atoms with Crippen molar-refractivity contribution in [3.05, 3.63) is 35.4 Å². The van der Waals surface area contributed by atoms with Gasteiger partial charge in [0.2, 0.25) is 0 Å². The average molecular weight is 230 g/mol. The fourth-order valence-corrected chi connectivity index (χ4v) is 1.50. The molecule has 0 aliphatic carbocycles. The van der Waals surface area contributed by atoms with Crippen molar-refractivity contribution in [2.75, 3.05) is 13.7 Å². The minimum atomic E-state index is -0.972. The van der Waals surface area contributed by atoms with Gasteiger partial charge in [-0.25, -0.2) is 8.78 Å². The number of halogens is 2. The molecule has 1 unspecified atom stereocenters. The van der Waals surface area contributed by atoms with Gasteiger partial charge in [-0.1, -0.05) is 6.07 Å². The van der Waals surface area contributed by atoms with Crippen LogP contribution in [-0.2, 0) is 11.2 Å². The van der Waals surface area contributed by atoms with Crippen molar-refractivity contribution in [1.82, 2.24) is 0 Å². The summed E-state index contributed by atoms with van der Waals surface area (Å²) in [6.07, 6.45) is 0.718. The highest BCUT2D eigenvalue weighted by Gasteiger charge is 2.21. The maximum Gasteiger partial charge on any atom is 0.159 e. The van der Waals surface area contributed by atoms with E-state index in [0.29, 0.717) is 18.6 Å². The molecule has 2 nitrogen and oxygen atoms in total. The highest BCUT2D eigenvalue weighted by molar-refractivity contribution is 5.19. The van der Waals surface area contributed by atoms with Crippen molar-refractivity contribution in [1.29, 1.82) is 0 Å². The normalized spacial score (nSPS) is 14.8. The smallest absolute Gasteiger partial charge is 0.159 e. The lowest BCUT2D eigenvalue weighted by molar-refractivity contribution is 0.0249. The van der Waals surface area contributed by atoms with Crippen LogP contribution >= 0.6 is 0 Å². The number of benzene rings is 1. The number of hydrogen-bond acceptors (Lipinski definition) is 2. The predicted molar refractivity (Wildman–Crippen MR) is 57.2 cm³/mol. The second-order valence-corrected chi connectivity index (χ2v) is 4.16. The lowest BCUT2D eigenvalue weighted by atomic mass is 9.93. The van der Waals surface area contributed by atoms with Gasteiger partial charge in [0, 0.05) is 20.1 Å². The van der Waals surface area contributed by atoms with Crippen LogP contribution in [0.2, 0.25) is 0 Å². The Kier molecular flexibility index (Phi) is 4.38. The SMILES string of the molecule is COCCC(C)(O)Cc1ccc(F)c(F)c1. The van der Waals surface area contributed by atoms with Gasteiger partial charge in [-0.05, 0) is 31.0 Å². The zero-order chi connectivity index (χ0) is 12.2. The Balaban J connectivity index is 2.68. The topological polar surface area (TPSA) is 29.5 Å². The highest BCUT2D eigenvalue weighted by Crippen LogP contribution is 2.18. The molecule has 0 heterocycles. The molecule has 0 radical (unpaired) electrons. The van der Waals surface area contributed by atoms with E-state index >= 15 is 0 Å². The number of hydrogen-bond donors (Lipinski definition) is 1. The molecule has 0 spiro atoms. The third-order valence-corrected chi connectivity index (χ3v) is 2.41. The molecule has 0 saturated carbocycles. The van der Waals surface area contributed by atoms with Crippen LogP contribution < -0.4 is 0 Å². The second-order valence-electron chi connectivity index (χ2n) is 4.16. The third-order valence-electron chi connectivity index (χ3n) is 2.41. The first kappa shape index (κ1) is 13.1. The number of aliphatic hydroxyl groups is 1. The molecule has 4 heteroatoms. The van der Waals surface area contributed by atoms with E-state index in [-0.39, 0.29) is 6.42 Å². The van der Waals surface area contributed by atoms with E-state index in [1.807, 2.05) is 0 Å². The fourth-order valence-electron chi connectivity index (χ4n) is 1.50. The largest absolute Gasteiger partial charge is 0.390 e. The molecule has 1 aromatic rings. The van der Waals surface area contributed by atoms with Crippen molar-refractivity contribution >= 4 is 0 Å². The number of ether oxygens (including phenoxy) is 1. The van der Waals surface area contributed by atoms with Gasteiger partial charge in [-0.2, -0.15) is 0 Å². The van der Waals surface area contributed by atoms with Gasteiger partial charge >= 0.3 is 0 Å². The standard InChI is InChI=1S/C12H16F2O2/c1-12(15,5-6-16-2)8-9-3-4-10(13)11(14)7-9/h3-4,7,15H,5-6,8H2,1-2H3. The van der Waals surface area contributed by atoms with Crippen molar-refractivity contribution in [3.63, 3.8) is 0 Å². The zero-order valence-corrected chi connectivity index (χ0v) is 9.46. The van der Waals surface area contributed by atoms with E-state index in [1.54, 1.807) is 14.0 Å². The van der Waals surface area contributed by atoms with Gasteiger partial charge in [0.15, 0.2) is 11.6 Å². The number of methoxy groups -OCH3 is 1. The summed E-state index contributed by atoms with van der Waals surface area (Å²) >= 11 is 0. The number of rotatable bonds is 5. The second kappa shape index (κ2) is 5.37. The van der Waals surface area contributed by atoms with E-state index in [1.165, 1.54) is 6.07 Å². The van der Waals surface area contributed by atoms with E-state index in [2.05, 4.69) is 0 Å². The summed E-state index contributed by atoms with van der Waals surface area (Å²) in [4.78, 5) is 0. The Morgan fingerprint density at radius 1 is 1.31 bits per heavy atom. The van der Waals surface area contributed by atoms with E-state index < -0.39 is 17.2 Å². The molecule has 0 aromatic heterocycles. The maximum absolute atomic E-state index is 12.9. The summed E-state index contributed by atoms with van der Waals surface area (Å²) in [6, 6.07) is 3.65. The molecule has 1 rings (SSSR count). The van der Waals surface area contributed by atoms with Crippen LogP contribution in [0.15, 0.2) is 18.2 Å². The molecular formula is C12H16F2O2. The van der Waals surface area contributed by atoms with E-state index in [4.69, 9.17) is 4.74 Å². The van der Waals surface area contributed by atoms with Gasteiger partial charge < -0.3 is 9.84 Å². The lowest BCUT2D eigenvalue weighted by Gasteiger charge is -2.22. The van der Waals surface area contributed by atoms with Crippen molar-refractivity contribution in [2.24, 2.45) is 0 Å². The molecule has 90 valence electrons. The molecule has 0 aliphatic rings. The van der Waals surface area contributed by atoms with Crippen LogP contribution in [-0.4, -0.2) is 24.4 Å². The van der Waals surface area contributed by atoms with Crippen LogP contribution in [0.3, 0.4) is 0 Å². The summed E-state index contributed by atoms with van der Waals surface area (Å²) in [5.74, 6) is -1.76. The Morgan fingerprint density at radius 3 is 2.56 bits per heavy atom. The molecule has 0 amide bonds. The van der Waals surface area contributed by atoms with Crippen LogP contribution in [0.25, 0.3) is 0 Å². The first-order chi connectivity index (χ1) is 7.44. The van der Waals surface area contributed by atoms with Crippen LogP contribution in [0.1, 0.15) is 18.9 Å². The van der Waals surface area contributed by atoms with Gasteiger partial charge in [0.25, 0.3) is 0 Å². The molecule has 1 N–H and O–H groups in total. The minimum absolute atomic E-state index is 0.271. The lowest BCUT2D eigenvalue weighted by Crippen LogP contribution is -2.28. The van der Waals surface area contributed by atoms with Gasteiger partial charge in [-0.3, -0.25) is 0 Å². The monoisotopic (exact) mass is 230 g/mol. The summed E-state index contributed by atoms with van der Waals surface area (Å²) in [5, 5.41) is 9.96. The van der Waals surface area contributed by atoms with Crippen molar-refractivity contribution in [3.8, 4) is 0 Å². The Hall–Kier alpha value is -1.00. The molecule has 16 heavy (non-hydrogen) atoms. The highest BCUT2D eigenvalue weighted by atomic mass is 19.2. The van der Waals surface area contributed by atoms with Gasteiger partial charge in [0.1, 0.15) is 0 Å². The Labute approximate surface area is 93.9 Å². The molecule has 0 fully saturated rings. The van der Waals surface area contributed by atoms with Crippen molar-refractivity contribution < 1.29 is 18.6 Å². The predicted octanol–water partition coefficient (Wildman–Crippen LogP) is 2.29. The quantitative estimate of drug-likeness (QED) is 0.841. The third kappa shape index (κ3) is 3.87. The minimum Gasteiger partial charge on any atom is -0.390 e. The fraction of sp³-hybridized carbons (Fsp3) is 0.500. The maximum atomic E-state index is 12.9. The first-order valence-electron chi connectivity index (χ1n) is 5.10. The molecule has 0 bridgehead atoms. The van der Waals surface area contributed by atoms with Crippen LogP contribution in [0.5, 0.6) is 0 Å². The van der Waals surface area contributed by atoms with E-state index in [9.17, 15) is 13.9 Å². The van der Waals surface area contributed by atoms with Gasteiger partial charge in [-0.15, -0.1) is 0 Å². The first-order valence-corrected chi connectivity index (χ1v) is 5.10. The van der Waals surface area contributed by atoms with E-state index in [0.717, 1.165) is 12.1 Å². The average Bonchev–Trinajstić information content (AvgIpc) is 2.20. The molecular weight excluding hydrogens is 214 g/mol. The Bertz CT molecular complexity index is 351. The van der Waals surface area contributed by atoms with Crippen molar-refractivity contribution in [2.45, 2.75) is 25.4 Å². The molecule has 0 saturated heterocycles. The zero-order valence-electron chi connectivity index (χ0n) is 9.46. The van der Waals surface area contributed by atoms with Gasteiger partial charge in [0.05, 0.1) is 5.60 Å². The summed E-state index contributed by atoms with van der Waals surface area (Å²) in [6.45, 7) is 2.07. The molecule has 0 aliphatic heterocycles. The summed E-state index contributed by atoms with van der Waals surface area (Å²) < 4.78 is 30.5. The van der Waals surface area contributed by atoms with Crippen LogP contribution in [0.4, 0.5) is 8.78 Å². The molecule has 1 atom stereocenters. The molecule has 1 aromatic carbocycles. The summed E-state index contributed by atoms with van der Waals surface area (Å²) in [5.41, 5.74) is -0.402. The summed E-state index contributed by atoms with van der Waals surface area (Å²) in [7, 11) is 1.55. The van der Waals surface area contributed by atoms with Crippen LogP contribution in [0, 0.1) is 11.6 Å². The Morgan fingerprint density at radius 2 is 2.00 bits per heavy atom.